The second kappa shape index (κ2) is 20.1. The molecule has 1 N–H and O–H groups in total. The third-order valence-corrected chi connectivity index (χ3v) is 6.29. The lowest BCUT2D eigenvalue weighted by Gasteiger charge is -2.08. The Hall–Kier alpha value is -1.51. The summed E-state index contributed by atoms with van der Waals surface area (Å²) in [5.74, 6) is 0.711. The molecule has 3 nitrogen and oxygen atoms in total. The molecule has 0 fully saturated rings. The third kappa shape index (κ3) is 14.5. The van der Waals surface area contributed by atoms with Crippen molar-refractivity contribution in [3.63, 3.8) is 0 Å². The maximum atomic E-state index is 12.4. The van der Waals surface area contributed by atoms with Gasteiger partial charge in [0.05, 0.1) is 12.2 Å². The highest BCUT2D eigenvalue weighted by Crippen LogP contribution is 2.25. The SMILES string of the molecule is CCCCCCCCCCCCCCCCCCC(=O)c1ccc(OCCCC)cc1O. The molecule has 0 unspecified atom stereocenters. The highest BCUT2D eigenvalue weighted by atomic mass is 16.5. The first kappa shape index (κ1) is 28.5. The van der Waals surface area contributed by atoms with Crippen molar-refractivity contribution in [1.29, 1.82) is 0 Å². The lowest BCUT2D eigenvalue weighted by atomic mass is 10.0. The molecule has 0 aliphatic carbocycles. The van der Waals surface area contributed by atoms with Crippen molar-refractivity contribution in [3.05, 3.63) is 23.8 Å². The van der Waals surface area contributed by atoms with Crippen molar-refractivity contribution >= 4 is 5.78 Å². The monoisotopic (exact) mass is 446 g/mol. The Bertz CT molecular complexity index is 582. The molecule has 0 saturated carbocycles. The summed E-state index contributed by atoms with van der Waals surface area (Å²) in [5.41, 5.74) is 0.425. The van der Waals surface area contributed by atoms with Crippen LogP contribution in [0.25, 0.3) is 0 Å². The highest BCUT2D eigenvalue weighted by molar-refractivity contribution is 5.98. The molecule has 0 spiro atoms. The summed E-state index contributed by atoms with van der Waals surface area (Å²) in [7, 11) is 0. The molecule has 0 heterocycles. The standard InChI is InChI=1S/C29H50O3/c1-3-5-7-8-9-10-11-12-13-14-15-16-17-18-19-20-21-28(30)27-23-22-26(25-29(27)31)32-24-6-4-2/h22-23,25,31H,3-21,24H2,1-2H3. The van der Waals surface area contributed by atoms with E-state index in [2.05, 4.69) is 13.8 Å². The van der Waals surface area contributed by atoms with Crippen LogP contribution < -0.4 is 4.74 Å². The van der Waals surface area contributed by atoms with E-state index >= 15 is 0 Å². The number of hydrogen-bond acceptors (Lipinski definition) is 3. The summed E-state index contributed by atoms with van der Waals surface area (Å²) in [4.78, 5) is 12.4. The first-order valence-electron chi connectivity index (χ1n) is 13.7. The van der Waals surface area contributed by atoms with E-state index in [1.807, 2.05) is 0 Å². The fraction of sp³-hybridized carbons (Fsp3) is 0.759. The number of ketones is 1. The molecule has 1 rings (SSSR count). The second-order valence-corrected chi connectivity index (χ2v) is 9.36. The fourth-order valence-electron chi connectivity index (χ4n) is 4.14. The van der Waals surface area contributed by atoms with Gasteiger partial charge in [-0.1, -0.05) is 117 Å². The van der Waals surface area contributed by atoms with Crippen LogP contribution in [0.1, 0.15) is 146 Å². The van der Waals surface area contributed by atoms with E-state index in [9.17, 15) is 9.90 Å². The van der Waals surface area contributed by atoms with Gasteiger partial charge >= 0.3 is 0 Å². The quantitative estimate of drug-likeness (QED) is 0.142. The molecule has 0 saturated heterocycles. The third-order valence-electron chi connectivity index (χ3n) is 6.29. The van der Waals surface area contributed by atoms with Gasteiger partial charge in [-0.25, -0.2) is 0 Å². The van der Waals surface area contributed by atoms with Crippen LogP contribution in [0.15, 0.2) is 18.2 Å². The Morgan fingerprint density at radius 1 is 0.688 bits per heavy atom. The number of unbranched alkanes of at least 4 members (excludes halogenated alkanes) is 16. The number of hydrogen-bond donors (Lipinski definition) is 1. The van der Waals surface area contributed by atoms with Crippen LogP contribution in [0.3, 0.4) is 0 Å². The molecular weight excluding hydrogens is 396 g/mol. The zero-order valence-corrected chi connectivity index (χ0v) is 21.1. The van der Waals surface area contributed by atoms with E-state index in [1.54, 1.807) is 18.2 Å². The van der Waals surface area contributed by atoms with Gasteiger partial charge in [0.2, 0.25) is 0 Å². The van der Waals surface area contributed by atoms with Crippen molar-refractivity contribution in [2.24, 2.45) is 0 Å². The van der Waals surface area contributed by atoms with Crippen LogP contribution >= 0.6 is 0 Å². The largest absolute Gasteiger partial charge is 0.507 e. The molecule has 3 heteroatoms. The van der Waals surface area contributed by atoms with Crippen LogP contribution in [0.4, 0.5) is 0 Å². The number of phenols is 1. The van der Waals surface area contributed by atoms with Crippen molar-refractivity contribution in [3.8, 4) is 11.5 Å². The van der Waals surface area contributed by atoms with Gasteiger partial charge in [0.1, 0.15) is 11.5 Å². The summed E-state index contributed by atoms with van der Waals surface area (Å²) in [6.07, 6.45) is 23.8. The lowest BCUT2D eigenvalue weighted by molar-refractivity contribution is 0.0976. The molecule has 32 heavy (non-hydrogen) atoms. The number of ether oxygens (including phenoxy) is 1. The first-order valence-corrected chi connectivity index (χ1v) is 13.7. The van der Waals surface area contributed by atoms with Crippen LogP contribution in [0.5, 0.6) is 11.5 Å². The molecule has 1 aromatic rings. The number of carbonyl (C=O) groups excluding carboxylic acids is 1. The van der Waals surface area contributed by atoms with Crippen molar-refractivity contribution < 1.29 is 14.6 Å². The summed E-state index contributed by atoms with van der Waals surface area (Å²) < 4.78 is 5.58. The highest BCUT2D eigenvalue weighted by Gasteiger charge is 2.12. The van der Waals surface area contributed by atoms with Crippen LogP contribution in [-0.2, 0) is 0 Å². The lowest BCUT2D eigenvalue weighted by Crippen LogP contribution is -2.01. The second-order valence-electron chi connectivity index (χ2n) is 9.36. The zero-order chi connectivity index (χ0) is 23.3. The van der Waals surface area contributed by atoms with Gasteiger partial charge in [0.25, 0.3) is 0 Å². The number of rotatable bonds is 22. The summed E-state index contributed by atoms with van der Waals surface area (Å²) in [6.45, 7) is 5.03. The summed E-state index contributed by atoms with van der Waals surface area (Å²) in [6, 6.07) is 5.05. The Labute approximate surface area is 198 Å². The Balaban J connectivity index is 1.96. The molecule has 0 aliphatic heterocycles. The maximum absolute atomic E-state index is 12.4. The van der Waals surface area contributed by atoms with Crippen molar-refractivity contribution in [1.82, 2.24) is 0 Å². The predicted octanol–water partition coefficient (Wildman–Crippen LogP) is 9.41. The normalized spacial score (nSPS) is 11.1. The number of carbonyl (C=O) groups is 1. The molecular formula is C29H50O3. The Morgan fingerprint density at radius 3 is 1.62 bits per heavy atom. The number of Topliss-reactive ketones (excluding diaryl/α,β-unsaturated/α-hetero) is 1. The van der Waals surface area contributed by atoms with Gasteiger partial charge in [-0.2, -0.15) is 0 Å². The smallest absolute Gasteiger partial charge is 0.166 e. The maximum Gasteiger partial charge on any atom is 0.166 e. The van der Waals surface area contributed by atoms with Gasteiger partial charge in [0.15, 0.2) is 5.78 Å². The van der Waals surface area contributed by atoms with E-state index in [-0.39, 0.29) is 11.5 Å². The predicted molar refractivity (Wildman–Crippen MR) is 137 cm³/mol. The molecule has 0 atom stereocenters. The minimum absolute atomic E-state index is 0.0352. The summed E-state index contributed by atoms with van der Waals surface area (Å²) >= 11 is 0. The minimum atomic E-state index is 0.0352. The minimum Gasteiger partial charge on any atom is -0.507 e. The van der Waals surface area contributed by atoms with Crippen LogP contribution in [0, 0.1) is 0 Å². The molecule has 0 amide bonds. The number of benzene rings is 1. The molecule has 0 radical (unpaired) electrons. The zero-order valence-electron chi connectivity index (χ0n) is 21.1. The van der Waals surface area contributed by atoms with Crippen molar-refractivity contribution in [2.45, 2.75) is 136 Å². The van der Waals surface area contributed by atoms with E-state index in [0.717, 1.165) is 25.7 Å². The number of aromatic hydroxyl groups is 1. The fourth-order valence-corrected chi connectivity index (χ4v) is 4.14. The molecule has 1 aromatic carbocycles. The van der Waals surface area contributed by atoms with Gasteiger partial charge < -0.3 is 9.84 Å². The topological polar surface area (TPSA) is 46.5 Å². The van der Waals surface area contributed by atoms with E-state index in [4.69, 9.17) is 4.74 Å². The average molecular weight is 447 g/mol. The van der Waals surface area contributed by atoms with Gasteiger partial charge in [0, 0.05) is 12.5 Å². The molecule has 184 valence electrons. The van der Waals surface area contributed by atoms with Gasteiger partial charge in [-0.05, 0) is 25.0 Å². The van der Waals surface area contributed by atoms with Crippen molar-refractivity contribution in [2.75, 3.05) is 6.61 Å². The van der Waals surface area contributed by atoms with Crippen LogP contribution in [-0.4, -0.2) is 17.5 Å². The Morgan fingerprint density at radius 2 is 1.16 bits per heavy atom. The average Bonchev–Trinajstić information content (AvgIpc) is 2.79. The van der Waals surface area contributed by atoms with Gasteiger partial charge in [-0.3, -0.25) is 4.79 Å². The summed E-state index contributed by atoms with van der Waals surface area (Å²) in [5, 5.41) is 10.2. The molecule has 0 aromatic heterocycles. The molecule has 0 bridgehead atoms. The first-order chi connectivity index (χ1) is 15.7. The van der Waals surface area contributed by atoms with Crippen LogP contribution in [0.2, 0.25) is 0 Å². The van der Waals surface area contributed by atoms with Gasteiger partial charge in [-0.15, -0.1) is 0 Å². The molecule has 0 aliphatic rings. The number of phenolic OH excluding ortho intramolecular Hbond substituents is 1. The Kier molecular flexibility index (Phi) is 17.9. The van der Waals surface area contributed by atoms with E-state index in [1.165, 1.54) is 89.9 Å². The van der Waals surface area contributed by atoms with E-state index < -0.39 is 0 Å². The van der Waals surface area contributed by atoms with E-state index in [0.29, 0.717) is 24.3 Å².